The van der Waals surface area contributed by atoms with Crippen molar-refractivity contribution in [1.82, 2.24) is 0 Å². The van der Waals surface area contributed by atoms with Gasteiger partial charge in [0.2, 0.25) is 0 Å². The van der Waals surface area contributed by atoms with Crippen molar-refractivity contribution in [2.45, 2.75) is 29.6 Å². The van der Waals surface area contributed by atoms with Crippen LogP contribution in [0.4, 0.5) is 0 Å². The van der Waals surface area contributed by atoms with E-state index in [0.717, 1.165) is 16.9 Å². The van der Waals surface area contributed by atoms with E-state index in [1.165, 1.54) is 11.8 Å². The lowest BCUT2D eigenvalue weighted by molar-refractivity contribution is -0.147. The molecule has 0 amide bonds. The molecule has 0 saturated heterocycles. The van der Waals surface area contributed by atoms with E-state index < -0.39 is 11.4 Å². The number of carbonyl (C=O) groups is 1. The second-order valence-electron chi connectivity index (χ2n) is 4.65. The van der Waals surface area contributed by atoms with Crippen LogP contribution in [0.25, 0.3) is 0 Å². The van der Waals surface area contributed by atoms with E-state index in [2.05, 4.69) is 0 Å². The molecule has 104 valence electrons. The van der Waals surface area contributed by atoms with Gasteiger partial charge < -0.3 is 14.6 Å². The fourth-order valence-corrected chi connectivity index (χ4v) is 3.23. The first kappa shape index (κ1) is 14.1. The molecule has 1 aromatic rings. The van der Waals surface area contributed by atoms with Crippen LogP contribution in [0.3, 0.4) is 0 Å². The van der Waals surface area contributed by atoms with Crippen molar-refractivity contribution in [2.24, 2.45) is 0 Å². The predicted molar refractivity (Wildman–Crippen MR) is 74.5 cm³/mol. The molecule has 1 aliphatic carbocycles. The van der Waals surface area contributed by atoms with Gasteiger partial charge >= 0.3 is 5.97 Å². The van der Waals surface area contributed by atoms with Gasteiger partial charge in [-0.05, 0) is 36.8 Å². The van der Waals surface area contributed by atoms with Crippen molar-refractivity contribution in [2.75, 3.05) is 20.5 Å². The summed E-state index contributed by atoms with van der Waals surface area (Å²) in [6.07, 6.45) is 4.27. The highest BCUT2D eigenvalue weighted by Crippen LogP contribution is 2.49. The Morgan fingerprint density at radius 1 is 1.26 bits per heavy atom. The number of aliphatic carboxylic acids is 1. The molecule has 0 radical (unpaired) electrons. The largest absolute Gasteiger partial charge is 0.493 e. The molecule has 5 heteroatoms. The Morgan fingerprint density at radius 2 is 1.84 bits per heavy atom. The first-order valence-corrected chi connectivity index (χ1v) is 7.35. The first-order chi connectivity index (χ1) is 9.08. The first-order valence-electron chi connectivity index (χ1n) is 6.13. The minimum atomic E-state index is -0.752. The predicted octanol–water partition coefficient (Wildman–Crippen LogP) is 2.93. The van der Waals surface area contributed by atoms with Gasteiger partial charge in [-0.25, -0.2) is 0 Å². The van der Waals surface area contributed by atoms with E-state index in [1.807, 2.05) is 18.4 Å². The van der Waals surface area contributed by atoms with Crippen molar-refractivity contribution in [3.8, 4) is 11.5 Å². The molecule has 0 bridgehead atoms. The average Bonchev–Trinajstić information content (AvgIpc) is 2.36. The smallest absolute Gasteiger partial charge is 0.314 e. The molecule has 0 atom stereocenters. The molecule has 4 nitrogen and oxygen atoms in total. The lowest BCUT2D eigenvalue weighted by atomic mass is 9.64. The van der Waals surface area contributed by atoms with Gasteiger partial charge in [-0.3, -0.25) is 4.79 Å². The molecular formula is C14H18O4S. The molecule has 0 spiro atoms. The Balaban J connectivity index is 2.58. The zero-order chi connectivity index (χ0) is 14.0. The molecular weight excluding hydrogens is 264 g/mol. The molecule has 1 aromatic carbocycles. The summed E-state index contributed by atoms with van der Waals surface area (Å²) in [4.78, 5) is 12.6. The number of benzene rings is 1. The molecule has 0 aromatic heterocycles. The van der Waals surface area contributed by atoms with Gasteiger partial charge in [0, 0.05) is 4.90 Å². The highest BCUT2D eigenvalue weighted by Gasteiger charge is 2.47. The third-order valence-corrected chi connectivity index (χ3v) is 4.62. The molecule has 19 heavy (non-hydrogen) atoms. The molecule has 1 fully saturated rings. The molecule has 0 unspecified atom stereocenters. The second kappa shape index (κ2) is 5.33. The van der Waals surface area contributed by atoms with Crippen LogP contribution in [0.15, 0.2) is 17.0 Å². The summed E-state index contributed by atoms with van der Waals surface area (Å²) < 4.78 is 10.6. The standard InChI is InChI=1S/C14H18O4S/c1-17-10-7-9(12(19-3)8-11(10)18-2)14(13(15)16)5-4-6-14/h7-8H,4-6H2,1-3H3,(H,15,16). The van der Waals surface area contributed by atoms with Crippen LogP contribution < -0.4 is 9.47 Å². The fraction of sp³-hybridized carbons (Fsp3) is 0.500. The van der Waals surface area contributed by atoms with Gasteiger partial charge in [-0.2, -0.15) is 0 Å². The monoisotopic (exact) mass is 282 g/mol. The second-order valence-corrected chi connectivity index (χ2v) is 5.50. The van der Waals surface area contributed by atoms with E-state index in [4.69, 9.17) is 9.47 Å². The van der Waals surface area contributed by atoms with E-state index in [0.29, 0.717) is 24.3 Å². The number of methoxy groups -OCH3 is 2. The van der Waals surface area contributed by atoms with Crippen LogP contribution in [0.2, 0.25) is 0 Å². The van der Waals surface area contributed by atoms with Crippen molar-refractivity contribution in [1.29, 1.82) is 0 Å². The van der Waals surface area contributed by atoms with Gasteiger partial charge in [0.25, 0.3) is 0 Å². The summed E-state index contributed by atoms with van der Waals surface area (Å²) in [5.74, 6) is 0.472. The van der Waals surface area contributed by atoms with Crippen LogP contribution in [0.5, 0.6) is 11.5 Å². The van der Waals surface area contributed by atoms with E-state index in [-0.39, 0.29) is 0 Å². The van der Waals surface area contributed by atoms with Crippen LogP contribution in [0.1, 0.15) is 24.8 Å². The lowest BCUT2D eigenvalue weighted by Gasteiger charge is -2.39. The summed E-state index contributed by atoms with van der Waals surface area (Å²) in [5, 5.41) is 9.57. The maximum atomic E-state index is 11.6. The molecule has 0 aliphatic heterocycles. The number of carboxylic acids is 1. The molecule has 1 saturated carbocycles. The van der Waals surface area contributed by atoms with Crippen LogP contribution in [-0.4, -0.2) is 31.6 Å². The van der Waals surface area contributed by atoms with Crippen LogP contribution in [0, 0.1) is 0 Å². The number of hydrogen-bond acceptors (Lipinski definition) is 4. The molecule has 0 heterocycles. The van der Waals surface area contributed by atoms with Crippen LogP contribution in [-0.2, 0) is 10.2 Å². The van der Waals surface area contributed by atoms with E-state index in [9.17, 15) is 9.90 Å². The fourth-order valence-electron chi connectivity index (χ4n) is 2.53. The highest BCUT2D eigenvalue weighted by atomic mass is 32.2. The molecule has 2 rings (SSSR count). The van der Waals surface area contributed by atoms with Gasteiger partial charge in [0.15, 0.2) is 11.5 Å². The van der Waals surface area contributed by atoms with Crippen molar-refractivity contribution in [3.05, 3.63) is 17.7 Å². The summed E-state index contributed by atoms with van der Waals surface area (Å²) in [6, 6.07) is 3.68. The third kappa shape index (κ3) is 2.16. The Hall–Kier alpha value is -1.36. The average molecular weight is 282 g/mol. The maximum Gasteiger partial charge on any atom is 0.314 e. The van der Waals surface area contributed by atoms with Gasteiger partial charge in [0.05, 0.1) is 19.6 Å². The quantitative estimate of drug-likeness (QED) is 0.841. The zero-order valence-corrected chi connectivity index (χ0v) is 12.2. The SMILES string of the molecule is COc1cc(SC)c(C2(C(=O)O)CCC2)cc1OC. The van der Waals surface area contributed by atoms with Gasteiger partial charge in [-0.1, -0.05) is 6.42 Å². The molecule has 1 aliphatic rings. The Bertz CT molecular complexity index is 494. The maximum absolute atomic E-state index is 11.6. The number of hydrogen-bond donors (Lipinski definition) is 1. The van der Waals surface area contributed by atoms with Crippen molar-refractivity contribution in [3.63, 3.8) is 0 Å². The number of ether oxygens (including phenoxy) is 2. The number of thioether (sulfide) groups is 1. The van der Waals surface area contributed by atoms with Crippen molar-refractivity contribution >= 4 is 17.7 Å². The van der Waals surface area contributed by atoms with Gasteiger partial charge in [0.1, 0.15) is 0 Å². The third-order valence-electron chi connectivity index (χ3n) is 3.84. The minimum absolute atomic E-state index is 0.586. The lowest BCUT2D eigenvalue weighted by Crippen LogP contribution is -2.42. The minimum Gasteiger partial charge on any atom is -0.493 e. The Morgan fingerprint density at radius 3 is 2.21 bits per heavy atom. The number of carboxylic acid groups (broad SMARTS) is 1. The summed E-state index contributed by atoms with van der Waals surface area (Å²) in [6.45, 7) is 0. The topological polar surface area (TPSA) is 55.8 Å². The van der Waals surface area contributed by atoms with E-state index >= 15 is 0 Å². The van der Waals surface area contributed by atoms with Gasteiger partial charge in [-0.15, -0.1) is 11.8 Å². The number of rotatable bonds is 5. The van der Waals surface area contributed by atoms with Crippen molar-refractivity contribution < 1.29 is 19.4 Å². The Labute approximate surface area is 117 Å². The van der Waals surface area contributed by atoms with E-state index in [1.54, 1.807) is 14.2 Å². The Kier molecular flexibility index (Phi) is 3.94. The zero-order valence-electron chi connectivity index (χ0n) is 11.4. The van der Waals surface area contributed by atoms with Crippen LogP contribution >= 0.6 is 11.8 Å². The normalized spacial score (nSPS) is 16.6. The summed E-state index contributed by atoms with van der Waals surface area (Å²) >= 11 is 1.54. The summed E-state index contributed by atoms with van der Waals surface area (Å²) in [7, 11) is 3.15. The summed E-state index contributed by atoms with van der Waals surface area (Å²) in [5.41, 5.74) is 0.0918. The highest BCUT2D eigenvalue weighted by molar-refractivity contribution is 7.98. The molecule has 1 N–H and O–H groups in total.